The van der Waals surface area contributed by atoms with E-state index in [1.54, 1.807) is 0 Å². The van der Waals surface area contributed by atoms with Gasteiger partial charge < -0.3 is 9.47 Å². The van der Waals surface area contributed by atoms with Gasteiger partial charge in [-0.2, -0.15) is 0 Å². The van der Waals surface area contributed by atoms with Gasteiger partial charge in [-0.1, -0.05) is 6.92 Å². The number of nitrogens with one attached hydrogen (secondary N) is 1. The van der Waals surface area contributed by atoms with Gasteiger partial charge in [-0.3, -0.25) is 10.1 Å². The first-order valence-corrected chi connectivity index (χ1v) is 6.02. The predicted octanol–water partition coefficient (Wildman–Crippen LogP) is 1.83. The molecule has 0 aromatic carbocycles. The lowest BCUT2D eigenvalue weighted by Crippen LogP contribution is -2.55. The molecule has 0 saturated carbocycles. The molecule has 0 aliphatic carbocycles. The van der Waals surface area contributed by atoms with Crippen LogP contribution in [-0.4, -0.2) is 30.4 Å². The molecule has 0 aromatic rings. The summed E-state index contributed by atoms with van der Waals surface area (Å²) in [5, 5.41) is 3.31. The smallest absolute Gasteiger partial charge is 0.309 e. The fraction of sp³-hybridized carbons (Fsp3) is 0.917. The molecule has 1 saturated heterocycles. The van der Waals surface area contributed by atoms with Crippen molar-refractivity contribution in [3.8, 4) is 0 Å². The molecule has 0 spiro atoms. The Kier molecular flexibility index (Phi) is 4.74. The van der Waals surface area contributed by atoms with Crippen LogP contribution in [0.3, 0.4) is 0 Å². The first kappa shape index (κ1) is 13.5. The van der Waals surface area contributed by atoms with Crippen molar-refractivity contribution < 1.29 is 14.3 Å². The number of hydrogen-bond donors (Lipinski definition) is 1. The van der Waals surface area contributed by atoms with Gasteiger partial charge in [-0.15, -0.1) is 0 Å². The molecule has 16 heavy (non-hydrogen) atoms. The van der Waals surface area contributed by atoms with Crippen LogP contribution in [0.1, 0.15) is 47.0 Å². The molecule has 0 bridgehead atoms. The SMILES string of the molecule is CCCOC(=O)CC1NC(C)(C)CC(C)O1. The van der Waals surface area contributed by atoms with E-state index in [0.717, 1.165) is 12.8 Å². The standard InChI is InChI=1S/C12H23NO3/c1-5-6-15-11(14)7-10-13-12(3,4)8-9(2)16-10/h9-10,13H,5-8H2,1-4H3. The summed E-state index contributed by atoms with van der Waals surface area (Å²) < 4.78 is 10.7. The first-order valence-electron chi connectivity index (χ1n) is 6.02. The molecule has 1 aliphatic rings. The van der Waals surface area contributed by atoms with Crippen molar-refractivity contribution in [2.45, 2.75) is 64.8 Å². The molecule has 1 heterocycles. The lowest BCUT2D eigenvalue weighted by molar-refractivity contribution is -0.153. The summed E-state index contributed by atoms with van der Waals surface area (Å²) in [5.41, 5.74) is 0.0212. The molecule has 2 atom stereocenters. The number of ether oxygens (including phenoxy) is 2. The second-order valence-electron chi connectivity index (χ2n) is 5.09. The zero-order valence-corrected chi connectivity index (χ0v) is 10.7. The van der Waals surface area contributed by atoms with Gasteiger partial charge in [0, 0.05) is 5.54 Å². The van der Waals surface area contributed by atoms with Gasteiger partial charge in [-0.05, 0) is 33.6 Å². The summed E-state index contributed by atoms with van der Waals surface area (Å²) in [6.07, 6.45) is 2.05. The minimum absolute atomic E-state index is 0.0212. The van der Waals surface area contributed by atoms with E-state index in [9.17, 15) is 4.79 Å². The van der Waals surface area contributed by atoms with Crippen LogP contribution in [0.25, 0.3) is 0 Å². The largest absolute Gasteiger partial charge is 0.466 e. The molecule has 1 rings (SSSR count). The van der Waals surface area contributed by atoms with E-state index < -0.39 is 0 Å². The maximum absolute atomic E-state index is 11.4. The van der Waals surface area contributed by atoms with Crippen LogP contribution in [0.5, 0.6) is 0 Å². The molecule has 0 aromatic heterocycles. The Hall–Kier alpha value is -0.610. The van der Waals surface area contributed by atoms with Crippen molar-refractivity contribution in [1.29, 1.82) is 0 Å². The molecule has 4 nitrogen and oxygen atoms in total. The fourth-order valence-corrected chi connectivity index (χ4v) is 2.10. The third-order valence-electron chi connectivity index (χ3n) is 2.57. The van der Waals surface area contributed by atoms with Gasteiger partial charge in [0.05, 0.1) is 19.1 Å². The zero-order valence-electron chi connectivity index (χ0n) is 10.7. The Morgan fingerprint density at radius 2 is 2.25 bits per heavy atom. The summed E-state index contributed by atoms with van der Waals surface area (Å²) in [4.78, 5) is 11.4. The van der Waals surface area contributed by atoms with Crippen LogP contribution in [0.2, 0.25) is 0 Å². The van der Waals surface area contributed by atoms with Crippen LogP contribution in [-0.2, 0) is 14.3 Å². The van der Waals surface area contributed by atoms with E-state index in [1.807, 2.05) is 13.8 Å². The van der Waals surface area contributed by atoms with E-state index in [2.05, 4.69) is 19.2 Å². The lowest BCUT2D eigenvalue weighted by atomic mass is 9.95. The van der Waals surface area contributed by atoms with E-state index in [-0.39, 0.29) is 30.3 Å². The van der Waals surface area contributed by atoms with Gasteiger partial charge >= 0.3 is 5.97 Å². The van der Waals surface area contributed by atoms with Gasteiger partial charge in [0.15, 0.2) is 0 Å². The number of rotatable bonds is 4. The Labute approximate surface area is 97.7 Å². The summed E-state index contributed by atoms with van der Waals surface area (Å²) in [5.74, 6) is -0.191. The predicted molar refractivity (Wildman–Crippen MR) is 62.0 cm³/mol. The molecule has 2 unspecified atom stereocenters. The molecular formula is C12H23NO3. The lowest BCUT2D eigenvalue weighted by Gasteiger charge is -2.40. The van der Waals surface area contributed by atoms with Crippen molar-refractivity contribution in [3.63, 3.8) is 0 Å². The van der Waals surface area contributed by atoms with Gasteiger partial charge in [0.25, 0.3) is 0 Å². The van der Waals surface area contributed by atoms with E-state index >= 15 is 0 Å². The summed E-state index contributed by atoms with van der Waals surface area (Å²) in [6, 6.07) is 0. The quantitative estimate of drug-likeness (QED) is 0.747. The van der Waals surface area contributed by atoms with Gasteiger partial charge in [0.2, 0.25) is 0 Å². The molecule has 0 radical (unpaired) electrons. The topological polar surface area (TPSA) is 47.6 Å². The second-order valence-corrected chi connectivity index (χ2v) is 5.09. The van der Waals surface area contributed by atoms with E-state index in [1.165, 1.54) is 0 Å². The van der Waals surface area contributed by atoms with Crippen LogP contribution >= 0.6 is 0 Å². The Bertz CT molecular complexity index is 240. The van der Waals surface area contributed by atoms with Gasteiger partial charge in [0.1, 0.15) is 6.23 Å². The van der Waals surface area contributed by atoms with Crippen molar-refractivity contribution in [1.82, 2.24) is 5.32 Å². The zero-order chi connectivity index (χ0) is 12.2. The highest BCUT2D eigenvalue weighted by atomic mass is 16.5. The number of esters is 1. The van der Waals surface area contributed by atoms with E-state index in [4.69, 9.17) is 9.47 Å². The van der Waals surface area contributed by atoms with Crippen molar-refractivity contribution in [2.75, 3.05) is 6.61 Å². The Balaban J connectivity index is 2.39. The fourth-order valence-electron chi connectivity index (χ4n) is 2.10. The van der Waals surface area contributed by atoms with Crippen LogP contribution < -0.4 is 5.32 Å². The maximum Gasteiger partial charge on any atom is 0.309 e. The summed E-state index contributed by atoms with van der Waals surface area (Å²) in [7, 11) is 0. The first-order chi connectivity index (χ1) is 7.43. The third kappa shape index (κ3) is 4.49. The molecule has 0 amide bonds. The Morgan fingerprint density at radius 1 is 1.56 bits per heavy atom. The minimum Gasteiger partial charge on any atom is -0.466 e. The van der Waals surface area contributed by atoms with Crippen LogP contribution in [0.4, 0.5) is 0 Å². The maximum atomic E-state index is 11.4. The van der Waals surface area contributed by atoms with Crippen LogP contribution in [0.15, 0.2) is 0 Å². The molecule has 1 aliphatic heterocycles. The molecular weight excluding hydrogens is 206 g/mol. The normalized spacial score (nSPS) is 28.8. The second kappa shape index (κ2) is 5.64. The van der Waals surface area contributed by atoms with Crippen molar-refractivity contribution in [2.24, 2.45) is 0 Å². The molecule has 1 N–H and O–H groups in total. The number of carbonyl (C=O) groups is 1. The highest BCUT2D eigenvalue weighted by Gasteiger charge is 2.32. The highest BCUT2D eigenvalue weighted by molar-refractivity contribution is 5.69. The number of carbonyl (C=O) groups excluding carboxylic acids is 1. The van der Waals surface area contributed by atoms with Crippen LogP contribution in [0, 0.1) is 0 Å². The molecule has 4 heteroatoms. The monoisotopic (exact) mass is 229 g/mol. The minimum atomic E-state index is -0.219. The molecule has 1 fully saturated rings. The third-order valence-corrected chi connectivity index (χ3v) is 2.57. The highest BCUT2D eigenvalue weighted by Crippen LogP contribution is 2.22. The Morgan fingerprint density at radius 3 is 2.81 bits per heavy atom. The van der Waals surface area contributed by atoms with Gasteiger partial charge in [-0.25, -0.2) is 0 Å². The van der Waals surface area contributed by atoms with E-state index in [0.29, 0.717) is 6.61 Å². The number of hydrogen-bond acceptors (Lipinski definition) is 4. The average molecular weight is 229 g/mol. The average Bonchev–Trinajstić information content (AvgIpc) is 2.11. The van der Waals surface area contributed by atoms with Crippen molar-refractivity contribution in [3.05, 3.63) is 0 Å². The molecule has 94 valence electrons. The summed E-state index contributed by atoms with van der Waals surface area (Å²) >= 11 is 0. The van der Waals surface area contributed by atoms with Crippen molar-refractivity contribution >= 4 is 5.97 Å². The summed E-state index contributed by atoms with van der Waals surface area (Å²) in [6.45, 7) is 8.75.